The van der Waals surface area contributed by atoms with Crippen molar-refractivity contribution in [1.82, 2.24) is 0 Å². The van der Waals surface area contributed by atoms with E-state index in [1.54, 1.807) is 0 Å². The topological polar surface area (TPSA) is 37.3 Å². The number of hydrogen-bond acceptors (Lipinski definition) is 1. The van der Waals surface area contributed by atoms with E-state index in [0.717, 1.165) is 0 Å². The van der Waals surface area contributed by atoms with Gasteiger partial charge in [-0.15, -0.1) is 0 Å². The van der Waals surface area contributed by atoms with E-state index in [9.17, 15) is 22.4 Å². The van der Waals surface area contributed by atoms with Gasteiger partial charge in [0.25, 0.3) is 0 Å². The van der Waals surface area contributed by atoms with Gasteiger partial charge in [-0.1, -0.05) is 6.42 Å². The third kappa shape index (κ3) is 2.78. The molecule has 1 aliphatic rings. The fraction of sp³-hybridized carbons (Fsp3) is 0.917. The molecule has 1 rings (SSSR count). The minimum Gasteiger partial charge on any atom is -0.481 e. The van der Waals surface area contributed by atoms with Crippen molar-refractivity contribution in [3.63, 3.8) is 0 Å². The summed E-state index contributed by atoms with van der Waals surface area (Å²) in [6.07, 6.45) is -4.98. The van der Waals surface area contributed by atoms with Crippen LogP contribution in [0.3, 0.4) is 0 Å². The predicted molar refractivity (Wildman–Crippen MR) is 57.9 cm³/mol. The van der Waals surface area contributed by atoms with Gasteiger partial charge in [-0.2, -0.15) is 13.2 Å². The van der Waals surface area contributed by atoms with Gasteiger partial charge in [0, 0.05) is 5.92 Å². The molecule has 1 saturated carbocycles. The molecule has 0 saturated heterocycles. The fourth-order valence-electron chi connectivity index (χ4n) is 2.55. The van der Waals surface area contributed by atoms with Crippen LogP contribution in [0.4, 0.5) is 17.6 Å². The van der Waals surface area contributed by atoms with E-state index in [4.69, 9.17) is 5.11 Å². The van der Waals surface area contributed by atoms with Crippen LogP contribution < -0.4 is 0 Å². The van der Waals surface area contributed by atoms with E-state index < -0.39 is 35.6 Å². The van der Waals surface area contributed by atoms with Crippen LogP contribution in [-0.4, -0.2) is 22.9 Å². The van der Waals surface area contributed by atoms with E-state index >= 15 is 0 Å². The van der Waals surface area contributed by atoms with Crippen molar-refractivity contribution in [2.45, 2.75) is 57.8 Å². The first kappa shape index (κ1) is 15.2. The first-order valence-corrected chi connectivity index (χ1v) is 6.00. The number of halogens is 4. The van der Waals surface area contributed by atoms with Crippen LogP contribution in [0.25, 0.3) is 0 Å². The van der Waals surface area contributed by atoms with Gasteiger partial charge in [0.05, 0.1) is 5.41 Å². The number of hydrogen-bond donors (Lipinski definition) is 1. The van der Waals surface area contributed by atoms with Crippen LogP contribution in [0.15, 0.2) is 0 Å². The Bertz CT molecular complexity index is 325. The summed E-state index contributed by atoms with van der Waals surface area (Å²) in [6.45, 7) is 2.67. The Morgan fingerprint density at radius 1 is 1.33 bits per heavy atom. The first-order valence-electron chi connectivity index (χ1n) is 6.00. The van der Waals surface area contributed by atoms with Crippen molar-refractivity contribution < 1.29 is 27.5 Å². The van der Waals surface area contributed by atoms with Gasteiger partial charge >= 0.3 is 12.1 Å². The zero-order valence-electron chi connectivity index (χ0n) is 10.5. The zero-order valence-corrected chi connectivity index (χ0v) is 10.5. The SMILES string of the molecule is CC(C)(CC1CCCCC1(F)C(F)(F)F)C(=O)O. The molecule has 0 heterocycles. The second kappa shape index (κ2) is 4.70. The van der Waals surface area contributed by atoms with Crippen molar-refractivity contribution in [1.29, 1.82) is 0 Å². The first-order chi connectivity index (χ1) is 8.01. The summed E-state index contributed by atoms with van der Waals surface area (Å²) in [5.41, 5.74) is -4.58. The summed E-state index contributed by atoms with van der Waals surface area (Å²) < 4.78 is 52.7. The number of aliphatic carboxylic acids is 1. The molecule has 0 bridgehead atoms. The predicted octanol–water partition coefficient (Wildman–Crippen LogP) is 3.95. The summed E-state index contributed by atoms with van der Waals surface area (Å²) in [4.78, 5) is 11.0. The molecule has 6 heteroatoms. The maximum absolute atomic E-state index is 14.2. The van der Waals surface area contributed by atoms with E-state index in [2.05, 4.69) is 0 Å². The van der Waals surface area contributed by atoms with Crippen LogP contribution in [0.5, 0.6) is 0 Å². The average molecular weight is 270 g/mol. The van der Waals surface area contributed by atoms with Crippen molar-refractivity contribution in [3.05, 3.63) is 0 Å². The molecule has 1 N–H and O–H groups in total. The molecule has 0 aromatic carbocycles. The van der Waals surface area contributed by atoms with Crippen LogP contribution in [0.2, 0.25) is 0 Å². The Labute approximate surface area is 103 Å². The van der Waals surface area contributed by atoms with Gasteiger partial charge in [-0.25, -0.2) is 4.39 Å². The molecular weight excluding hydrogens is 252 g/mol. The van der Waals surface area contributed by atoms with Crippen LogP contribution in [0.1, 0.15) is 46.0 Å². The Morgan fingerprint density at radius 2 is 1.89 bits per heavy atom. The number of rotatable bonds is 3. The molecule has 0 aliphatic heterocycles. The number of carboxylic acids is 1. The van der Waals surface area contributed by atoms with E-state index in [0.29, 0.717) is 6.42 Å². The highest BCUT2D eigenvalue weighted by Gasteiger charge is 2.61. The zero-order chi connectivity index (χ0) is 14.2. The number of alkyl halides is 4. The largest absolute Gasteiger partial charge is 0.481 e. The smallest absolute Gasteiger partial charge is 0.422 e. The van der Waals surface area contributed by atoms with E-state index in [-0.39, 0.29) is 19.3 Å². The minimum absolute atomic E-state index is 0.0900. The summed E-state index contributed by atoms with van der Waals surface area (Å²) in [5, 5.41) is 8.94. The van der Waals surface area contributed by atoms with E-state index in [1.165, 1.54) is 13.8 Å². The summed E-state index contributed by atoms with van der Waals surface area (Å²) >= 11 is 0. The lowest BCUT2D eigenvalue weighted by atomic mass is 9.69. The lowest BCUT2D eigenvalue weighted by Crippen LogP contribution is -2.51. The van der Waals surface area contributed by atoms with Crippen molar-refractivity contribution in [2.75, 3.05) is 0 Å². The average Bonchev–Trinajstić information content (AvgIpc) is 2.19. The molecule has 18 heavy (non-hydrogen) atoms. The van der Waals surface area contributed by atoms with Crippen molar-refractivity contribution >= 4 is 5.97 Å². The quantitative estimate of drug-likeness (QED) is 0.788. The van der Waals surface area contributed by atoms with Crippen molar-refractivity contribution in [3.8, 4) is 0 Å². The number of carbonyl (C=O) groups is 1. The van der Waals surface area contributed by atoms with Gasteiger partial charge < -0.3 is 5.11 Å². The monoisotopic (exact) mass is 270 g/mol. The lowest BCUT2D eigenvalue weighted by Gasteiger charge is -2.41. The second-order valence-electron chi connectivity index (χ2n) is 5.70. The maximum Gasteiger partial charge on any atom is 0.422 e. The molecular formula is C12H18F4O2. The fourth-order valence-corrected chi connectivity index (χ4v) is 2.55. The molecule has 0 amide bonds. The third-order valence-corrected chi connectivity index (χ3v) is 3.80. The Hall–Kier alpha value is -0.810. The van der Waals surface area contributed by atoms with Crippen LogP contribution in [-0.2, 0) is 4.79 Å². The van der Waals surface area contributed by atoms with Crippen molar-refractivity contribution in [2.24, 2.45) is 11.3 Å². The summed E-state index contributed by atoms with van der Waals surface area (Å²) in [7, 11) is 0. The lowest BCUT2D eigenvalue weighted by molar-refractivity contribution is -0.260. The molecule has 1 fully saturated rings. The summed E-state index contributed by atoms with van der Waals surface area (Å²) in [5.74, 6) is -2.46. The molecule has 0 aromatic rings. The Kier molecular flexibility index (Phi) is 3.98. The third-order valence-electron chi connectivity index (χ3n) is 3.80. The van der Waals surface area contributed by atoms with Crippen LogP contribution >= 0.6 is 0 Å². The molecule has 0 spiro atoms. The minimum atomic E-state index is -4.92. The maximum atomic E-state index is 14.2. The van der Waals surface area contributed by atoms with Gasteiger partial charge in [0.15, 0.2) is 0 Å². The molecule has 0 aromatic heterocycles. The second-order valence-corrected chi connectivity index (χ2v) is 5.70. The normalized spacial score (nSPS) is 30.2. The van der Waals surface area contributed by atoms with Gasteiger partial charge in [0.2, 0.25) is 5.67 Å². The molecule has 0 radical (unpaired) electrons. The highest BCUT2D eigenvalue weighted by molar-refractivity contribution is 5.73. The molecule has 2 nitrogen and oxygen atoms in total. The molecule has 106 valence electrons. The summed E-state index contributed by atoms with van der Waals surface area (Å²) in [6, 6.07) is 0. The van der Waals surface area contributed by atoms with Gasteiger partial charge in [-0.3, -0.25) is 4.79 Å². The number of carboxylic acid groups (broad SMARTS) is 1. The van der Waals surface area contributed by atoms with Gasteiger partial charge in [0.1, 0.15) is 0 Å². The highest BCUT2D eigenvalue weighted by Crippen LogP contribution is 2.51. The Morgan fingerprint density at radius 3 is 2.33 bits per heavy atom. The molecule has 1 aliphatic carbocycles. The molecule has 2 unspecified atom stereocenters. The molecule has 2 atom stereocenters. The van der Waals surface area contributed by atoms with Gasteiger partial charge in [-0.05, 0) is 39.5 Å². The Balaban J connectivity index is 2.94. The highest BCUT2D eigenvalue weighted by atomic mass is 19.4. The van der Waals surface area contributed by atoms with Crippen LogP contribution in [0, 0.1) is 11.3 Å². The standard InChI is InChI=1S/C12H18F4O2/c1-10(2,9(17)18)7-8-5-3-4-6-11(8,13)12(14,15)16/h8H,3-7H2,1-2H3,(H,17,18). The van der Waals surface area contributed by atoms with E-state index in [1.807, 2.05) is 0 Å².